The van der Waals surface area contributed by atoms with Crippen LogP contribution in [0.4, 0.5) is 0 Å². The largest absolute Gasteiger partial charge is 0.185 e. The van der Waals surface area contributed by atoms with Crippen LogP contribution in [0.3, 0.4) is 0 Å². The molecule has 0 aliphatic rings. The molecule has 0 fully saturated rings. The third-order valence-corrected chi connectivity index (χ3v) is 4.48. The summed E-state index contributed by atoms with van der Waals surface area (Å²) < 4.78 is 2.04. The summed E-state index contributed by atoms with van der Waals surface area (Å²) in [6.45, 7) is 0. The minimum Gasteiger partial charge on any atom is -0.185 e. The molecule has 0 saturated carbocycles. The second kappa shape index (κ2) is 6.01. The molecule has 9 heavy (non-hydrogen) atoms. The Hall–Kier alpha value is 1.27. The number of halogens is 3. The number of hydrogen-bond acceptors (Lipinski definition) is 2. The first kappa shape index (κ1) is 10.3. The summed E-state index contributed by atoms with van der Waals surface area (Å²) in [6.07, 6.45) is 0. The van der Waals surface area contributed by atoms with Crippen LogP contribution in [-0.2, 0) is 0 Å². The molecule has 0 aromatic carbocycles. The SMILES string of the molecule is N#CSC/C(Br)=C(/Br)I. The summed E-state index contributed by atoms with van der Waals surface area (Å²) in [6, 6.07) is 0. The minimum absolute atomic E-state index is 0.708. The summed E-state index contributed by atoms with van der Waals surface area (Å²) in [5.41, 5.74) is 0. The smallest absolute Gasteiger partial charge is 0.133 e. The number of nitrogens with zero attached hydrogens (tertiary/aromatic N) is 1. The lowest BCUT2D eigenvalue weighted by molar-refractivity contribution is 1.56. The van der Waals surface area contributed by atoms with Crippen LogP contribution in [0.15, 0.2) is 6.97 Å². The molecule has 0 atom stereocenters. The first-order valence-corrected chi connectivity index (χ1v) is 5.54. The molecular formula is C4H2Br2INS. The van der Waals surface area contributed by atoms with Crippen LogP contribution in [-0.4, -0.2) is 5.75 Å². The maximum atomic E-state index is 8.15. The maximum Gasteiger partial charge on any atom is 0.133 e. The van der Waals surface area contributed by atoms with E-state index in [1.807, 2.05) is 5.40 Å². The predicted molar refractivity (Wildman–Crippen MR) is 57.0 cm³/mol. The van der Waals surface area contributed by atoms with E-state index in [-0.39, 0.29) is 0 Å². The van der Waals surface area contributed by atoms with Gasteiger partial charge < -0.3 is 0 Å². The highest BCUT2D eigenvalue weighted by Crippen LogP contribution is 2.26. The molecule has 0 bridgehead atoms. The quantitative estimate of drug-likeness (QED) is 0.538. The van der Waals surface area contributed by atoms with Crippen LogP contribution in [0.2, 0.25) is 0 Å². The highest BCUT2D eigenvalue weighted by Gasteiger charge is 1.95. The topological polar surface area (TPSA) is 23.8 Å². The van der Waals surface area contributed by atoms with Crippen LogP contribution >= 0.6 is 66.2 Å². The Balaban J connectivity index is 3.67. The standard InChI is InChI=1S/C4H2Br2INS/c5-3(4(6)7)1-9-2-8/h1H2/b4-3+. The van der Waals surface area contributed by atoms with E-state index < -0.39 is 0 Å². The van der Waals surface area contributed by atoms with Gasteiger partial charge in [-0.3, -0.25) is 0 Å². The van der Waals surface area contributed by atoms with Crippen LogP contribution in [0.1, 0.15) is 0 Å². The second-order valence-electron chi connectivity index (χ2n) is 1.05. The van der Waals surface area contributed by atoms with Gasteiger partial charge in [-0.25, -0.2) is 0 Å². The Bertz CT molecular complexity index is 158. The number of thiocyanates is 1. The Morgan fingerprint density at radius 2 is 2.22 bits per heavy atom. The molecule has 0 spiro atoms. The highest BCUT2D eigenvalue weighted by atomic mass is 127. The van der Waals surface area contributed by atoms with Crippen molar-refractivity contribution in [3.05, 3.63) is 6.97 Å². The van der Waals surface area contributed by atoms with Crippen molar-refractivity contribution in [3.63, 3.8) is 0 Å². The average molecular weight is 383 g/mol. The van der Waals surface area contributed by atoms with Crippen molar-refractivity contribution in [2.24, 2.45) is 0 Å². The van der Waals surface area contributed by atoms with Gasteiger partial charge in [0, 0.05) is 10.2 Å². The fourth-order valence-corrected chi connectivity index (χ4v) is 1.60. The van der Waals surface area contributed by atoms with Crippen LogP contribution in [0.25, 0.3) is 0 Å². The van der Waals surface area contributed by atoms with Gasteiger partial charge in [-0.1, -0.05) is 15.9 Å². The summed E-state index contributed by atoms with van der Waals surface area (Å²) in [4.78, 5) is 0. The third kappa shape index (κ3) is 5.70. The average Bonchev–Trinajstić information content (AvgIpc) is 1.82. The lowest BCUT2D eigenvalue weighted by atomic mass is 10.8. The number of thioether (sulfide) groups is 1. The molecule has 0 N–H and O–H groups in total. The first-order chi connectivity index (χ1) is 4.18. The van der Waals surface area contributed by atoms with Crippen molar-refractivity contribution in [2.75, 3.05) is 5.75 Å². The van der Waals surface area contributed by atoms with E-state index in [0.717, 1.165) is 6.97 Å². The van der Waals surface area contributed by atoms with Crippen molar-refractivity contribution in [3.8, 4) is 5.40 Å². The highest BCUT2D eigenvalue weighted by molar-refractivity contribution is 14.1. The summed E-state index contributed by atoms with van der Waals surface area (Å²) in [7, 11) is 0. The zero-order valence-electron chi connectivity index (χ0n) is 4.20. The third-order valence-electron chi connectivity index (χ3n) is 0.469. The molecule has 0 saturated heterocycles. The van der Waals surface area contributed by atoms with Crippen LogP contribution in [0.5, 0.6) is 0 Å². The predicted octanol–water partition coefficient (Wildman–Crippen LogP) is 3.59. The minimum atomic E-state index is 0.708. The molecule has 50 valence electrons. The van der Waals surface area contributed by atoms with Gasteiger partial charge in [0.1, 0.15) is 5.40 Å². The van der Waals surface area contributed by atoms with Gasteiger partial charge in [-0.2, -0.15) is 5.26 Å². The number of nitriles is 1. The number of hydrogen-bond donors (Lipinski definition) is 0. The van der Waals surface area contributed by atoms with E-state index in [2.05, 4.69) is 54.5 Å². The Morgan fingerprint density at radius 3 is 2.56 bits per heavy atom. The van der Waals surface area contributed by atoms with Gasteiger partial charge >= 0.3 is 0 Å². The fourth-order valence-electron chi connectivity index (χ4n) is 0.150. The summed E-state index contributed by atoms with van der Waals surface area (Å²) in [5, 5.41) is 10.1. The lowest BCUT2D eigenvalue weighted by Gasteiger charge is -1.91. The molecule has 0 unspecified atom stereocenters. The molecule has 0 aromatic heterocycles. The van der Waals surface area contributed by atoms with Crippen LogP contribution in [0, 0.1) is 10.7 Å². The molecular weight excluding hydrogens is 381 g/mol. The molecule has 0 heterocycles. The molecule has 0 aliphatic carbocycles. The fraction of sp³-hybridized carbons (Fsp3) is 0.250. The number of rotatable bonds is 2. The Kier molecular flexibility index (Phi) is 6.86. The monoisotopic (exact) mass is 381 g/mol. The normalized spacial score (nSPS) is 12.2. The molecule has 0 radical (unpaired) electrons. The Labute approximate surface area is 88.7 Å². The van der Waals surface area contributed by atoms with Gasteiger partial charge in [0.2, 0.25) is 0 Å². The van der Waals surface area contributed by atoms with Gasteiger partial charge in [0.15, 0.2) is 0 Å². The molecule has 1 nitrogen and oxygen atoms in total. The molecule has 0 aromatic rings. The van der Waals surface area contributed by atoms with Gasteiger partial charge in [0.25, 0.3) is 0 Å². The summed E-state index contributed by atoms with van der Waals surface area (Å²) in [5.74, 6) is 0.708. The van der Waals surface area contributed by atoms with E-state index in [1.165, 1.54) is 11.8 Å². The van der Waals surface area contributed by atoms with Crippen molar-refractivity contribution >= 4 is 66.2 Å². The Morgan fingerprint density at radius 1 is 1.67 bits per heavy atom. The van der Waals surface area contributed by atoms with E-state index in [1.54, 1.807) is 0 Å². The van der Waals surface area contributed by atoms with Crippen molar-refractivity contribution in [1.29, 1.82) is 5.26 Å². The van der Waals surface area contributed by atoms with E-state index in [9.17, 15) is 0 Å². The van der Waals surface area contributed by atoms with Gasteiger partial charge in [-0.15, -0.1) is 0 Å². The van der Waals surface area contributed by atoms with E-state index in [4.69, 9.17) is 5.26 Å². The molecule has 0 rings (SSSR count). The zero-order chi connectivity index (χ0) is 7.28. The van der Waals surface area contributed by atoms with Crippen molar-refractivity contribution < 1.29 is 0 Å². The van der Waals surface area contributed by atoms with Crippen molar-refractivity contribution in [2.45, 2.75) is 0 Å². The first-order valence-electron chi connectivity index (χ1n) is 1.89. The van der Waals surface area contributed by atoms with Gasteiger partial charge in [-0.05, 0) is 50.3 Å². The van der Waals surface area contributed by atoms with E-state index in [0.29, 0.717) is 5.75 Å². The second-order valence-corrected chi connectivity index (χ2v) is 6.12. The van der Waals surface area contributed by atoms with Crippen molar-refractivity contribution in [1.82, 2.24) is 0 Å². The zero-order valence-corrected chi connectivity index (χ0v) is 10.3. The maximum absolute atomic E-state index is 8.15. The van der Waals surface area contributed by atoms with E-state index >= 15 is 0 Å². The molecule has 0 amide bonds. The lowest BCUT2D eigenvalue weighted by Crippen LogP contribution is -1.73. The summed E-state index contributed by atoms with van der Waals surface area (Å²) >= 11 is 9.91. The van der Waals surface area contributed by atoms with Gasteiger partial charge in [0.05, 0.1) is 2.49 Å². The molecule has 0 aliphatic heterocycles. The molecule has 5 heteroatoms. The van der Waals surface area contributed by atoms with Crippen LogP contribution < -0.4 is 0 Å².